The van der Waals surface area contributed by atoms with Crippen LogP contribution < -0.4 is 5.43 Å². The maximum absolute atomic E-state index is 11.7. The van der Waals surface area contributed by atoms with E-state index in [9.17, 15) is 4.79 Å². The minimum absolute atomic E-state index is 0.0405. The average Bonchev–Trinajstić information content (AvgIpc) is 2.40. The van der Waals surface area contributed by atoms with Crippen molar-refractivity contribution < 1.29 is 0 Å². The van der Waals surface area contributed by atoms with E-state index in [0.29, 0.717) is 11.2 Å². The molecule has 14 heavy (non-hydrogen) atoms. The Kier molecular flexibility index (Phi) is 1.91. The Morgan fingerprint density at radius 3 is 2.86 bits per heavy atom. The number of hydrogen-bond acceptors (Lipinski definition) is 2. The van der Waals surface area contributed by atoms with E-state index in [-0.39, 0.29) is 5.43 Å². The van der Waals surface area contributed by atoms with Crippen molar-refractivity contribution in [3.8, 4) is 0 Å². The van der Waals surface area contributed by atoms with Crippen LogP contribution in [0.5, 0.6) is 0 Å². The predicted octanol–water partition coefficient (Wildman–Crippen LogP) is 1.36. The van der Waals surface area contributed by atoms with Crippen molar-refractivity contribution >= 4 is 11.2 Å². The van der Waals surface area contributed by atoms with Crippen LogP contribution in [0.15, 0.2) is 10.9 Å². The average molecular weight is 191 g/mol. The van der Waals surface area contributed by atoms with Crippen LogP contribution in [0.4, 0.5) is 0 Å². The van der Waals surface area contributed by atoms with Gasteiger partial charge in [-0.15, -0.1) is 0 Å². The molecule has 0 aromatic carbocycles. The van der Waals surface area contributed by atoms with Gasteiger partial charge < -0.3 is 9.55 Å². The summed E-state index contributed by atoms with van der Waals surface area (Å²) < 4.78 is 1.92. The van der Waals surface area contributed by atoms with Crippen LogP contribution in [0.25, 0.3) is 11.2 Å². The molecular weight excluding hydrogens is 178 g/mol. The van der Waals surface area contributed by atoms with E-state index in [1.807, 2.05) is 25.3 Å². The van der Waals surface area contributed by atoms with Crippen LogP contribution in [0, 0.1) is 13.8 Å². The molecule has 0 aliphatic heterocycles. The lowest BCUT2D eigenvalue weighted by atomic mass is 10.3. The van der Waals surface area contributed by atoms with E-state index in [0.717, 1.165) is 18.1 Å². The van der Waals surface area contributed by atoms with Crippen molar-refractivity contribution in [2.24, 2.45) is 0 Å². The zero-order chi connectivity index (χ0) is 10.3. The van der Waals surface area contributed by atoms with E-state index in [1.165, 1.54) is 0 Å². The van der Waals surface area contributed by atoms with E-state index < -0.39 is 0 Å². The van der Waals surface area contributed by atoms with E-state index >= 15 is 0 Å². The van der Waals surface area contributed by atoms with Crippen LogP contribution in [0.3, 0.4) is 0 Å². The van der Waals surface area contributed by atoms with Gasteiger partial charge in [0, 0.05) is 18.3 Å². The number of pyridine rings is 1. The number of hydrogen-bond donors (Lipinski definition) is 1. The Bertz CT molecular complexity index is 536. The van der Waals surface area contributed by atoms with Gasteiger partial charge in [-0.25, -0.2) is 4.98 Å². The Morgan fingerprint density at radius 1 is 1.50 bits per heavy atom. The summed E-state index contributed by atoms with van der Waals surface area (Å²) in [7, 11) is 0. The molecular formula is C10H13N3O. The summed E-state index contributed by atoms with van der Waals surface area (Å²) in [6, 6.07) is 1.61. The molecule has 4 nitrogen and oxygen atoms in total. The highest BCUT2D eigenvalue weighted by Crippen LogP contribution is 2.09. The molecule has 0 atom stereocenters. The van der Waals surface area contributed by atoms with Crippen LogP contribution in [-0.4, -0.2) is 14.5 Å². The maximum Gasteiger partial charge on any atom is 0.207 e. The zero-order valence-electron chi connectivity index (χ0n) is 8.59. The minimum atomic E-state index is 0.0405. The first kappa shape index (κ1) is 8.99. The molecule has 0 bridgehead atoms. The highest BCUT2D eigenvalue weighted by molar-refractivity contribution is 5.71. The number of nitrogens with one attached hydrogen (secondary N) is 1. The van der Waals surface area contributed by atoms with Gasteiger partial charge >= 0.3 is 0 Å². The van der Waals surface area contributed by atoms with E-state index in [4.69, 9.17) is 0 Å². The van der Waals surface area contributed by atoms with Gasteiger partial charge in [-0.3, -0.25) is 4.79 Å². The number of aromatic nitrogens is 3. The summed E-state index contributed by atoms with van der Waals surface area (Å²) in [6.45, 7) is 6.55. The molecule has 0 aliphatic rings. The molecule has 4 heteroatoms. The van der Waals surface area contributed by atoms with Gasteiger partial charge in [0.15, 0.2) is 5.65 Å². The summed E-state index contributed by atoms with van der Waals surface area (Å²) in [6.07, 6.45) is 0. The number of aromatic amines is 1. The molecule has 0 aliphatic carbocycles. The normalized spacial score (nSPS) is 11.1. The van der Waals surface area contributed by atoms with Crippen LogP contribution >= 0.6 is 0 Å². The lowest BCUT2D eigenvalue weighted by Gasteiger charge is -2.00. The molecule has 2 aromatic heterocycles. The van der Waals surface area contributed by atoms with Gasteiger partial charge in [0.05, 0.1) is 0 Å². The molecule has 2 heterocycles. The molecule has 0 saturated carbocycles. The summed E-state index contributed by atoms with van der Waals surface area (Å²) in [5.41, 5.74) is 2.26. The number of rotatable bonds is 1. The van der Waals surface area contributed by atoms with Crippen molar-refractivity contribution in [1.29, 1.82) is 0 Å². The third-order valence-electron chi connectivity index (χ3n) is 2.37. The first-order valence-corrected chi connectivity index (χ1v) is 4.70. The van der Waals surface area contributed by atoms with Gasteiger partial charge in [0.1, 0.15) is 11.3 Å². The lowest BCUT2D eigenvalue weighted by Crippen LogP contribution is -2.08. The fourth-order valence-electron chi connectivity index (χ4n) is 1.78. The van der Waals surface area contributed by atoms with Gasteiger partial charge in [-0.2, -0.15) is 0 Å². The Hall–Kier alpha value is -1.58. The van der Waals surface area contributed by atoms with Crippen LogP contribution in [0.1, 0.15) is 18.4 Å². The van der Waals surface area contributed by atoms with Crippen LogP contribution in [-0.2, 0) is 6.54 Å². The third kappa shape index (κ3) is 1.14. The van der Waals surface area contributed by atoms with Gasteiger partial charge in [-0.05, 0) is 20.8 Å². The van der Waals surface area contributed by atoms with Crippen molar-refractivity contribution in [2.45, 2.75) is 27.3 Å². The van der Waals surface area contributed by atoms with Crippen molar-refractivity contribution in [1.82, 2.24) is 14.5 Å². The molecule has 0 saturated heterocycles. The van der Waals surface area contributed by atoms with E-state index in [1.54, 1.807) is 6.07 Å². The SMILES string of the molecule is CCn1c(C)nc2[nH]c(C)cc(=O)c21. The molecule has 0 amide bonds. The molecule has 0 unspecified atom stereocenters. The topological polar surface area (TPSA) is 50.7 Å². The summed E-state index contributed by atoms with van der Waals surface area (Å²) >= 11 is 0. The quantitative estimate of drug-likeness (QED) is 0.740. The number of H-pyrrole nitrogens is 1. The molecule has 1 N–H and O–H groups in total. The van der Waals surface area contributed by atoms with Gasteiger partial charge in [0.2, 0.25) is 5.43 Å². The second-order valence-corrected chi connectivity index (χ2v) is 3.42. The fourth-order valence-corrected chi connectivity index (χ4v) is 1.78. The first-order valence-electron chi connectivity index (χ1n) is 4.70. The second kappa shape index (κ2) is 2.97. The molecule has 0 radical (unpaired) electrons. The second-order valence-electron chi connectivity index (χ2n) is 3.42. The molecule has 2 aromatic rings. The lowest BCUT2D eigenvalue weighted by molar-refractivity contribution is 0.752. The number of imidazole rings is 1. The van der Waals surface area contributed by atoms with E-state index in [2.05, 4.69) is 9.97 Å². The number of fused-ring (bicyclic) bond motifs is 1. The highest BCUT2D eigenvalue weighted by atomic mass is 16.1. The Morgan fingerprint density at radius 2 is 2.21 bits per heavy atom. The minimum Gasteiger partial charge on any atom is -0.342 e. The summed E-state index contributed by atoms with van der Waals surface area (Å²) in [4.78, 5) is 19.1. The number of aryl methyl sites for hydroxylation is 3. The largest absolute Gasteiger partial charge is 0.342 e. The fraction of sp³-hybridized carbons (Fsp3) is 0.400. The number of nitrogens with zero attached hydrogens (tertiary/aromatic N) is 2. The van der Waals surface area contributed by atoms with Crippen molar-refractivity contribution in [3.63, 3.8) is 0 Å². The summed E-state index contributed by atoms with van der Waals surface area (Å²) in [5, 5.41) is 0. The monoisotopic (exact) mass is 191 g/mol. The zero-order valence-corrected chi connectivity index (χ0v) is 8.59. The summed E-state index contributed by atoms with van der Waals surface area (Å²) in [5.74, 6) is 0.876. The standard InChI is InChI=1S/C10H13N3O/c1-4-13-7(3)12-10-9(13)8(14)5-6(2)11-10/h5H,4H2,1-3H3,(H,11,14). The Labute approximate surface area is 81.6 Å². The molecule has 2 rings (SSSR count). The smallest absolute Gasteiger partial charge is 0.207 e. The third-order valence-corrected chi connectivity index (χ3v) is 2.37. The van der Waals surface area contributed by atoms with Crippen LogP contribution in [0.2, 0.25) is 0 Å². The van der Waals surface area contributed by atoms with Gasteiger partial charge in [0.25, 0.3) is 0 Å². The maximum atomic E-state index is 11.7. The first-order chi connectivity index (χ1) is 6.63. The van der Waals surface area contributed by atoms with Crippen molar-refractivity contribution in [3.05, 3.63) is 27.8 Å². The highest BCUT2D eigenvalue weighted by Gasteiger charge is 2.09. The molecule has 0 fully saturated rings. The van der Waals surface area contributed by atoms with Gasteiger partial charge in [-0.1, -0.05) is 0 Å². The molecule has 0 spiro atoms. The Balaban J connectivity index is 2.95. The molecule has 74 valence electrons. The van der Waals surface area contributed by atoms with Crippen molar-refractivity contribution in [2.75, 3.05) is 0 Å². The predicted molar refractivity (Wildman–Crippen MR) is 55.5 cm³/mol.